The van der Waals surface area contributed by atoms with E-state index in [1.54, 1.807) is 49.4 Å². The topological polar surface area (TPSA) is 87.7 Å². The number of benzene rings is 1. The van der Waals surface area contributed by atoms with E-state index in [1.165, 1.54) is 11.0 Å². The molecule has 0 fully saturated rings. The molecule has 3 amide bonds. The molecule has 8 heteroatoms. The fourth-order valence-electron chi connectivity index (χ4n) is 2.82. The average molecular weight is 367 g/mol. The number of nitrogens with one attached hydrogen (secondary N) is 1. The molecule has 0 unspecified atom stereocenters. The highest BCUT2D eigenvalue weighted by Crippen LogP contribution is 2.34. The third kappa shape index (κ3) is 3.95. The highest BCUT2D eigenvalue weighted by molar-refractivity contribution is 6.02. The Kier molecular flexibility index (Phi) is 5.46. The van der Waals surface area contributed by atoms with Gasteiger partial charge in [-0.1, -0.05) is 12.6 Å². The van der Waals surface area contributed by atoms with Gasteiger partial charge in [-0.3, -0.25) is 4.79 Å². The summed E-state index contributed by atoms with van der Waals surface area (Å²) < 4.78 is 5.12. The molecule has 0 spiro atoms. The van der Waals surface area contributed by atoms with Gasteiger partial charge < -0.3 is 15.0 Å². The number of aryl methyl sites for hydroxylation is 1. The van der Waals surface area contributed by atoms with Crippen LogP contribution in [0.15, 0.2) is 43.1 Å². The molecule has 0 saturated heterocycles. The zero-order valence-electron chi connectivity index (χ0n) is 15.3. The normalized spacial score (nSPS) is 13.3. The van der Waals surface area contributed by atoms with Crippen LogP contribution in [0.1, 0.15) is 11.4 Å². The van der Waals surface area contributed by atoms with Gasteiger partial charge in [0.15, 0.2) is 0 Å². The molecule has 3 rings (SSSR count). The maximum absolute atomic E-state index is 13.1. The number of urea groups is 1. The third-order valence-electron chi connectivity index (χ3n) is 4.12. The minimum absolute atomic E-state index is 0.204. The first kappa shape index (κ1) is 18.5. The second-order valence-electron chi connectivity index (χ2n) is 6.04. The molecule has 1 aromatic heterocycles. The number of fused-ring (bicyclic) bond motifs is 1. The maximum Gasteiger partial charge on any atom is 0.330 e. The molecule has 2 aromatic rings. The molecule has 27 heavy (non-hydrogen) atoms. The van der Waals surface area contributed by atoms with Gasteiger partial charge in [0.2, 0.25) is 5.91 Å². The lowest BCUT2D eigenvalue weighted by Gasteiger charge is -2.36. The Bertz CT molecular complexity index is 883. The van der Waals surface area contributed by atoms with E-state index < -0.39 is 0 Å². The fraction of sp³-hybridized carbons (Fsp3) is 0.263. The van der Waals surface area contributed by atoms with Crippen molar-refractivity contribution in [3.63, 3.8) is 0 Å². The Balaban J connectivity index is 2.02. The molecule has 0 radical (unpaired) electrons. The number of hydrogen-bond donors (Lipinski definition) is 1. The van der Waals surface area contributed by atoms with Gasteiger partial charge in [0, 0.05) is 31.1 Å². The van der Waals surface area contributed by atoms with E-state index in [0.717, 1.165) is 5.56 Å². The van der Waals surface area contributed by atoms with Crippen molar-refractivity contribution >= 4 is 29.1 Å². The van der Waals surface area contributed by atoms with Crippen molar-refractivity contribution in [2.24, 2.45) is 0 Å². The first-order valence-electron chi connectivity index (χ1n) is 8.47. The third-order valence-corrected chi connectivity index (χ3v) is 4.12. The molecule has 1 aromatic carbocycles. The number of ether oxygens (including phenoxy) is 1. The van der Waals surface area contributed by atoms with Crippen LogP contribution < -0.4 is 10.2 Å². The van der Waals surface area contributed by atoms with E-state index in [0.29, 0.717) is 42.7 Å². The Morgan fingerprint density at radius 3 is 3.00 bits per heavy atom. The predicted octanol–water partition coefficient (Wildman–Crippen LogP) is 2.63. The summed E-state index contributed by atoms with van der Waals surface area (Å²) in [5, 5.41) is 2.71. The zero-order valence-corrected chi connectivity index (χ0v) is 15.3. The number of hydrogen-bond acceptors (Lipinski definition) is 5. The summed E-state index contributed by atoms with van der Waals surface area (Å²) in [6.45, 7) is 6.52. The highest BCUT2D eigenvalue weighted by Gasteiger charge is 2.33. The first-order valence-corrected chi connectivity index (χ1v) is 8.47. The van der Waals surface area contributed by atoms with Crippen LogP contribution >= 0.6 is 0 Å². The van der Waals surface area contributed by atoms with Gasteiger partial charge in [-0.25, -0.2) is 19.7 Å². The number of rotatable bonds is 6. The maximum atomic E-state index is 13.1. The van der Waals surface area contributed by atoms with Crippen molar-refractivity contribution in [1.82, 2.24) is 14.9 Å². The largest absolute Gasteiger partial charge is 0.383 e. The molecule has 0 bridgehead atoms. The van der Waals surface area contributed by atoms with Crippen molar-refractivity contribution in [1.29, 1.82) is 0 Å². The Hall–Kier alpha value is -3.26. The van der Waals surface area contributed by atoms with E-state index >= 15 is 0 Å². The van der Waals surface area contributed by atoms with Gasteiger partial charge >= 0.3 is 6.03 Å². The number of aromatic nitrogens is 2. The lowest BCUT2D eigenvalue weighted by atomic mass is 10.1. The van der Waals surface area contributed by atoms with Gasteiger partial charge in [0.1, 0.15) is 11.6 Å². The van der Waals surface area contributed by atoms with Gasteiger partial charge in [-0.2, -0.15) is 0 Å². The number of carbonyl (C=O) groups is 2. The summed E-state index contributed by atoms with van der Waals surface area (Å²) in [6.07, 6.45) is 2.93. The molecule has 0 aliphatic carbocycles. The Morgan fingerprint density at radius 1 is 1.44 bits per heavy atom. The lowest BCUT2D eigenvalue weighted by Crippen LogP contribution is -2.46. The van der Waals surface area contributed by atoms with E-state index in [4.69, 9.17) is 4.74 Å². The summed E-state index contributed by atoms with van der Waals surface area (Å²) >= 11 is 0. The Morgan fingerprint density at radius 2 is 2.26 bits per heavy atom. The average Bonchev–Trinajstić information content (AvgIpc) is 2.66. The van der Waals surface area contributed by atoms with Crippen molar-refractivity contribution in [2.45, 2.75) is 13.5 Å². The summed E-state index contributed by atoms with van der Waals surface area (Å²) in [5.74, 6) is 0.804. The molecule has 2 heterocycles. The molecule has 0 atom stereocenters. The molecular weight excluding hydrogens is 346 g/mol. The van der Waals surface area contributed by atoms with Gasteiger partial charge in [0.05, 0.1) is 18.8 Å². The van der Waals surface area contributed by atoms with Crippen LogP contribution in [0.3, 0.4) is 0 Å². The van der Waals surface area contributed by atoms with E-state index in [9.17, 15) is 9.59 Å². The van der Waals surface area contributed by atoms with Gasteiger partial charge in [0.25, 0.3) is 0 Å². The minimum atomic E-state index is -0.322. The van der Waals surface area contributed by atoms with Crippen molar-refractivity contribution in [3.8, 4) is 0 Å². The first-order chi connectivity index (χ1) is 13.0. The summed E-state index contributed by atoms with van der Waals surface area (Å²) in [7, 11) is 1.60. The molecule has 1 aliphatic heterocycles. The van der Waals surface area contributed by atoms with Crippen molar-refractivity contribution in [3.05, 3.63) is 54.5 Å². The molecular formula is C19H21N5O3. The standard InChI is InChI=1S/C19H21N5O3/c1-4-17(25)22-15-6-5-7-16(10-15)24-18-14(11-20-13(2)21-18)12-23(19(24)26)8-9-27-3/h4-7,10-11H,1,8-9,12H2,2-3H3,(H,22,25). The number of anilines is 3. The van der Waals surface area contributed by atoms with Crippen molar-refractivity contribution < 1.29 is 14.3 Å². The number of nitrogens with zero attached hydrogens (tertiary/aromatic N) is 4. The number of amides is 3. The molecule has 0 saturated carbocycles. The van der Waals surface area contributed by atoms with Crippen LogP contribution in [-0.2, 0) is 16.1 Å². The zero-order chi connectivity index (χ0) is 19.4. The van der Waals surface area contributed by atoms with Crippen LogP contribution in [0.25, 0.3) is 0 Å². The quantitative estimate of drug-likeness (QED) is 0.793. The monoisotopic (exact) mass is 367 g/mol. The van der Waals surface area contributed by atoms with E-state index in [-0.39, 0.29) is 11.9 Å². The van der Waals surface area contributed by atoms with E-state index in [1.807, 2.05) is 0 Å². The van der Waals surface area contributed by atoms with Gasteiger partial charge in [-0.05, 0) is 31.2 Å². The van der Waals surface area contributed by atoms with Crippen LogP contribution in [0, 0.1) is 6.92 Å². The number of carbonyl (C=O) groups excluding carboxylic acids is 2. The van der Waals surface area contributed by atoms with Crippen LogP contribution in [-0.4, -0.2) is 47.1 Å². The lowest BCUT2D eigenvalue weighted by molar-refractivity contribution is -0.111. The minimum Gasteiger partial charge on any atom is -0.383 e. The molecule has 1 aliphatic rings. The second kappa shape index (κ2) is 7.96. The molecule has 140 valence electrons. The molecule has 8 nitrogen and oxygen atoms in total. The van der Waals surface area contributed by atoms with E-state index in [2.05, 4.69) is 21.9 Å². The molecule has 1 N–H and O–H groups in total. The second-order valence-corrected chi connectivity index (χ2v) is 6.04. The summed E-state index contributed by atoms with van der Waals surface area (Å²) in [4.78, 5) is 36.7. The SMILES string of the molecule is C=CC(=O)Nc1cccc(N2C(=O)N(CCOC)Cc3cnc(C)nc32)c1. The number of methoxy groups -OCH3 is 1. The predicted molar refractivity (Wildman–Crippen MR) is 102 cm³/mol. The van der Waals surface area contributed by atoms with Crippen LogP contribution in [0.2, 0.25) is 0 Å². The van der Waals surface area contributed by atoms with Crippen LogP contribution in [0.4, 0.5) is 22.0 Å². The van der Waals surface area contributed by atoms with Crippen molar-refractivity contribution in [2.75, 3.05) is 30.5 Å². The van der Waals surface area contributed by atoms with Gasteiger partial charge in [-0.15, -0.1) is 0 Å². The summed E-state index contributed by atoms with van der Waals surface area (Å²) in [5.41, 5.74) is 2.01. The smallest absolute Gasteiger partial charge is 0.330 e. The highest BCUT2D eigenvalue weighted by atomic mass is 16.5. The fourth-order valence-corrected chi connectivity index (χ4v) is 2.82. The Labute approximate surface area is 157 Å². The summed E-state index contributed by atoms with van der Waals surface area (Å²) in [6, 6.07) is 6.82. The van der Waals surface area contributed by atoms with Crippen LogP contribution in [0.5, 0.6) is 0 Å².